The van der Waals surface area contributed by atoms with E-state index in [1.807, 2.05) is 0 Å². The van der Waals surface area contributed by atoms with Gasteiger partial charge in [-0.05, 0) is 0 Å². The zero-order valence-corrected chi connectivity index (χ0v) is 26.0. The second-order valence-corrected chi connectivity index (χ2v) is 10.2. The van der Waals surface area contributed by atoms with Gasteiger partial charge in [-0.3, -0.25) is 33.6 Å². The average Bonchev–Trinajstić information content (AvgIpc) is 2.87. The smallest absolute Gasteiger partial charge is 0.303 e. The molecular weight excluding hydrogens is 616 g/mol. The Kier molecular flexibility index (Phi) is 13.8. The Bertz CT molecular complexity index is 1090. The Morgan fingerprint density at radius 2 is 0.841 bits per heavy atom. The Balaban J connectivity index is 2.66. The van der Waals surface area contributed by atoms with Crippen LogP contribution in [0.3, 0.4) is 0 Å². The predicted molar refractivity (Wildman–Crippen MR) is 142 cm³/mol. The van der Waals surface area contributed by atoms with Crippen LogP contribution in [-0.2, 0) is 80.9 Å². The van der Waals surface area contributed by atoms with Crippen molar-refractivity contribution in [2.45, 2.75) is 109 Å². The molecule has 0 spiro atoms. The number of ether oxygens (including phenoxy) is 10. The number of hydrogen-bond acceptors (Lipinski definition) is 18. The Labute approximate surface area is 257 Å². The van der Waals surface area contributed by atoms with Crippen LogP contribution < -0.4 is 0 Å². The molecule has 0 bridgehead atoms. The molecule has 0 saturated carbocycles. The second kappa shape index (κ2) is 16.6. The number of esters is 7. The van der Waals surface area contributed by atoms with E-state index in [4.69, 9.17) is 47.4 Å². The number of carbonyl (C=O) groups excluding carboxylic acids is 7. The fraction of sp³-hybridized carbons (Fsp3) is 0.731. The maximum atomic E-state index is 12.2. The number of thiol groups is 1. The first kappa shape index (κ1) is 36.7. The van der Waals surface area contributed by atoms with Gasteiger partial charge in [0.25, 0.3) is 0 Å². The molecule has 0 radical (unpaired) electrons. The summed E-state index contributed by atoms with van der Waals surface area (Å²) in [7, 11) is 0. The van der Waals surface area contributed by atoms with E-state index in [0.29, 0.717) is 0 Å². The van der Waals surface area contributed by atoms with Gasteiger partial charge in [0.1, 0.15) is 37.0 Å². The summed E-state index contributed by atoms with van der Waals surface area (Å²) in [5.74, 6) is -5.69. The van der Waals surface area contributed by atoms with Crippen LogP contribution in [0.25, 0.3) is 0 Å². The van der Waals surface area contributed by atoms with Crippen molar-refractivity contribution >= 4 is 54.4 Å². The maximum Gasteiger partial charge on any atom is 0.303 e. The van der Waals surface area contributed by atoms with Gasteiger partial charge in [0, 0.05) is 48.5 Å². The van der Waals surface area contributed by atoms with Crippen LogP contribution in [-0.4, -0.2) is 116 Å². The summed E-state index contributed by atoms with van der Waals surface area (Å²) in [5, 5.41) is 0. The zero-order chi connectivity index (χ0) is 33.3. The Hall–Kier alpha value is -3.48. The first-order valence-corrected chi connectivity index (χ1v) is 13.8. The number of rotatable bonds is 11. The van der Waals surface area contributed by atoms with Crippen LogP contribution >= 0.6 is 12.6 Å². The van der Waals surface area contributed by atoms with E-state index < -0.39 is 116 Å². The third-order valence-corrected chi connectivity index (χ3v) is 6.32. The van der Waals surface area contributed by atoms with Crippen molar-refractivity contribution in [2.75, 3.05) is 13.2 Å². The molecule has 0 amide bonds. The second-order valence-electron chi connectivity index (χ2n) is 9.68. The normalized spacial score (nSPS) is 31.5. The standard InChI is InChI=1S/C26H36O17S/c1-10(27)34-8-17-19(36-12(3)29)21(37-13(4)30)23(39-15(6)32)25(41-17)43-20-18(9-35-11(2)28)42-26(44)24(40-16(7)33)22(20)38-14(5)31/h17-26,44H,8-9H2,1-7H3/t17?,18?,19-,20+,21?,22?,23?,24?,25-,26-/m0/s1. The van der Waals surface area contributed by atoms with Crippen molar-refractivity contribution < 1.29 is 80.9 Å². The molecule has 2 saturated heterocycles. The van der Waals surface area contributed by atoms with Crippen LogP contribution in [0.2, 0.25) is 0 Å². The molecule has 0 aromatic heterocycles. The summed E-state index contributed by atoms with van der Waals surface area (Å²) in [6.07, 6.45) is -13.4. The van der Waals surface area contributed by atoms with Gasteiger partial charge in [-0.15, -0.1) is 12.6 Å². The third-order valence-electron chi connectivity index (χ3n) is 5.90. The highest BCUT2D eigenvalue weighted by molar-refractivity contribution is 7.80. The molecule has 10 atom stereocenters. The highest BCUT2D eigenvalue weighted by Gasteiger charge is 2.57. The Morgan fingerprint density at radius 3 is 1.27 bits per heavy atom. The molecule has 17 nitrogen and oxygen atoms in total. The first-order valence-electron chi connectivity index (χ1n) is 13.3. The van der Waals surface area contributed by atoms with Crippen molar-refractivity contribution in [1.29, 1.82) is 0 Å². The van der Waals surface area contributed by atoms with Crippen LogP contribution in [0, 0.1) is 0 Å². The molecule has 2 aliphatic heterocycles. The average molecular weight is 653 g/mol. The van der Waals surface area contributed by atoms with Gasteiger partial charge >= 0.3 is 41.8 Å². The zero-order valence-electron chi connectivity index (χ0n) is 25.1. The lowest BCUT2D eigenvalue weighted by Crippen LogP contribution is -2.66. The van der Waals surface area contributed by atoms with Gasteiger partial charge < -0.3 is 47.4 Å². The quantitative estimate of drug-likeness (QED) is 0.170. The minimum absolute atomic E-state index is 0.479. The van der Waals surface area contributed by atoms with E-state index in [9.17, 15) is 33.6 Å². The van der Waals surface area contributed by atoms with Gasteiger partial charge in [-0.1, -0.05) is 0 Å². The molecule has 44 heavy (non-hydrogen) atoms. The fourth-order valence-electron chi connectivity index (χ4n) is 4.49. The van der Waals surface area contributed by atoms with Crippen molar-refractivity contribution in [2.24, 2.45) is 0 Å². The lowest BCUT2D eigenvalue weighted by Gasteiger charge is -2.48. The van der Waals surface area contributed by atoms with E-state index >= 15 is 0 Å². The third kappa shape index (κ3) is 10.9. The number of carbonyl (C=O) groups is 7. The van der Waals surface area contributed by atoms with Gasteiger partial charge in [-0.25, -0.2) is 0 Å². The molecule has 0 N–H and O–H groups in total. The summed E-state index contributed by atoms with van der Waals surface area (Å²) < 4.78 is 55.0. The van der Waals surface area contributed by atoms with Crippen molar-refractivity contribution in [3.05, 3.63) is 0 Å². The van der Waals surface area contributed by atoms with E-state index in [1.165, 1.54) is 0 Å². The molecule has 0 aliphatic carbocycles. The van der Waals surface area contributed by atoms with Crippen LogP contribution in [0.15, 0.2) is 0 Å². The molecule has 0 aromatic carbocycles. The molecule has 2 rings (SSSR count). The molecule has 6 unspecified atom stereocenters. The minimum atomic E-state index is -1.74. The molecule has 248 valence electrons. The highest BCUT2D eigenvalue weighted by atomic mass is 32.1. The SMILES string of the molecule is CC(=O)OCC1O[C@@H](S)C(OC(C)=O)C(OC(C)=O)[C@@H]1O[C@@H]1OC(COC(C)=O)[C@H](OC(C)=O)C(OC(C)=O)C1OC(C)=O. The largest absolute Gasteiger partial charge is 0.463 e. The van der Waals surface area contributed by atoms with Gasteiger partial charge in [-0.2, -0.15) is 0 Å². The van der Waals surface area contributed by atoms with E-state index in [2.05, 4.69) is 12.6 Å². The topological polar surface area (TPSA) is 212 Å². The summed E-state index contributed by atoms with van der Waals surface area (Å²) in [6, 6.07) is 0. The van der Waals surface area contributed by atoms with E-state index in [0.717, 1.165) is 48.5 Å². The Morgan fingerprint density at radius 1 is 0.477 bits per heavy atom. The fourth-order valence-corrected chi connectivity index (χ4v) is 4.88. The monoisotopic (exact) mass is 652 g/mol. The minimum Gasteiger partial charge on any atom is -0.463 e. The lowest BCUT2D eigenvalue weighted by molar-refractivity contribution is -0.341. The summed E-state index contributed by atoms with van der Waals surface area (Å²) in [6.45, 7) is 6.50. The van der Waals surface area contributed by atoms with Crippen LogP contribution in [0.4, 0.5) is 0 Å². The van der Waals surface area contributed by atoms with Crippen LogP contribution in [0.1, 0.15) is 48.5 Å². The summed E-state index contributed by atoms with van der Waals surface area (Å²) >= 11 is 4.30. The van der Waals surface area contributed by atoms with Gasteiger partial charge in [0.2, 0.25) is 0 Å². The van der Waals surface area contributed by atoms with Gasteiger partial charge in [0.05, 0.1) is 0 Å². The summed E-state index contributed by atoms with van der Waals surface area (Å²) in [4.78, 5) is 83.7. The lowest BCUT2D eigenvalue weighted by atomic mass is 9.96. The molecule has 2 fully saturated rings. The number of hydrogen-bond donors (Lipinski definition) is 1. The van der Waals surface area contributed by atoms with Crippen molar-refractivity contribution in [3.63, 3.8) is 0 Å². The van der Waals surface area contributed by atoms with E-state index in [-0.39, 0.29) is 0 Å². The molecule has 2 aliphatic rings. The molecule has 0 aromatic rings. The van der Waals surface area contributed by atoms with Crippen LogP contribution in [0.5, 0.6) is 0 Å². The van der Waals surface area contributed by atoms with Crippen molar-refractivity contribution in [1.82, 2.24) is 0 Å². The molecule has 18 heteroatoms. The first-order chi connectivity index (χ1) is 20.5. The van der Waals surface area contributed by atoms with E-state index in [1.54, 1.807) is 0 Å². The predicted octanol–water partition coefficient (Wildman–Crippen LogP) is -0.464. The van der Waals surface area contributed by atoms with Gasteiger partial charge in [0.15, 0.2) is 36.8 Å². The van der Waals surface area contributed by atoms with Crippen molar-refractivity contribution in [3.8, 4) is 0 Å². The molecule has 2 heterocycles. The highest BCUT2D eigenvalue weighted by Crippen LogP contribution is 2.35. The molecular formula is C26H36O17S. The maximum absolute atomic E-state index is 12.2. The summed E-state index contributed by atoms with van der Waals surface area (Å²) in [5.41, 5.74) is -1.21.